The number of allylic oxidation sites excluding steroid dienone is 6. The van der Waals surface area contributed by atoms with Crippen molar-refractivity contribution in [3.05, 3.63) is 35.6 Å². The van der Waals surface area contributed by atoms with Gasteiger partial charge in [0.25, 0.3) is 0 Å². The lowest BCUT2D eigenvalue weighted by Crippen LogP contribution is -2.10. The second-order valence-electron chi connectivity index (χ2n) is 3.84. The highest BCUT2D eigenvalue weighted by atomic mass is 16.5. The Bertz CT molecular complexity index is 327. The molecule has 0 spiro atoms. The number of hydrogen-bond donors (Lipinski definition) is 0. The van der Waals surface area contributed by atoms with E-state index in [4.69, 9.17) is 10.00 Å². The molecule has 0 aliphatic heterocycles. The van der Waals surface area contributed by atoms with Crippen LogP contribution in [0.4, 0.5) is 0 Å². The minimum Gasteiger partial charge on any atom is -0.501 e. The number of ether oxygens (including phenoxy) is 1. The van der Waals surface area contributed by atoms with Gasteiger partial charge in [-0.05, 0) is 39.3 Å². The first-order valence-electron chi connectivity index (χ1n) is 4.95. The van der Waals surface area contributed by atoms with Crippen molar-refractivity contribution < 1.29 is 4.74 Å². The van der Waals surface area contributed by atoms with Crippen LogP contribution in [0.1, 0.15) is 27.7 Å². The maximum absolute atomic E-state index is 9.04. The Balaban J connectivity index is 5.09. The molecule has 0 fully saturated rings. The fourth-order valence-corrected chi connectivity index (χ4v) is 0.992. The molecule has 0 saturated carbocycles. The molecule has 0 rings (SSSR count). The summed E-state index contributed by atoms with van der Waals surface area (Å²) >= 11 is 0. The van der Waals surface area contributed by atoms with E-state index in [0.717, 1.165) is 11.3 Å². The quantitative estimate of drug-likeness (QED) is 0.519. The fourth-order valence-electron chi connectivity index (χ4n) is 0.992. The monoisotopic (exact) mass is 205 g/mol. The predicted octanol–water partition coefficient (Wildman–Crippen LogP) is 3.59. The molecule has 0 heterocycles. The number of hydrogen-bond acceptors (Lipinski definition) is 2. The summed E-state index contributed by atoms with van der Waals surface area (Å²) < 4.78 is 5.03. The maximum atomic E-state index is 9.04. The third-order valence-electron chi connectivity index (χ3n) is 2.17. The van der Waals surface area contributed by atoms with Gasteiger partial charge in [0.15, 0.2) is 0 Å². The number of nitrogens with zero attached hydrogens (tertiary/aromatic N) is 1. The topological polar surface area (TPSA) is 33.0 Å². The van der Waals surface area contributed by atoms with E-state index in [1.54, 1.807) is 7.11 Å². The summed E-state index contributed by atoms with van der Waals surface area (Å²) in [6.45, 7) is 7.61. The third kappa shape index (κ3) is 4.51. The molecule has 0 saturated heterocycles. The first kappa shape index (κ1) is 13.5. The van der Waals surface area contributed by atoms with Crippen LogP contribution in [0.5, 0.6) is 0 Å². The molecule has 0 unspecified atom stereocenters. The molecule has 2 nitrogen and oxygen atoms in total. The van der Waals surface area contributed by atoms with Crippen molar-refractivity contribution in [2.24, 2.45) is 5.41 Å². The van der Waals surface area contributed by atoms with E-state index >= 15 is 0 Å². The van der Waals surface area contributed by atoms with Crippen LogP contribution in [0.2, 0.25) is 0 Å². The Morgan fingerprint density at radius 1 is 1.33 bits per heavy atom. The zero-order valence-corrected chi connectivity index (χ0v) is 10.2. The van der Waals surface area contributed by atoms with Gasteiger partial charge in [-0.15, -0.1) is 0 Å². The standard InChI is InChI=1S/C13H19NO/c1-6-7-12(13(3,4)10-14)9-8-11(2)15-5/h6-9H,1-5H3/b7-6-,11-8+,12-9+. The molecule has 0 aliphatic carbocycles. The van der Waals surface area contributed by atoms with Gasteiger partial charge in [-0.25, -0.2) is 0 Å². The van der Waals surface area contributed by atoms with Crippen molar-refractivity contribution in [3.8, 4) is 6.07 Å². The molecule has 0 aliphatic rings. The normalized spacial score (nSPS) is 14.1. The molecule has 0 amide bonds. The lowest BCUT2D eigenvalue weighted by molar-refractivity contribution is 0.293. The molecule has 0 aromatic heterocycles. The summed E-state index contributed by atoms with van der Waals surface area (Å²) in [4.78, 5) is 0. The van der Waals surface area contributed by atoms with E-state index in [1.165, 1.54) is 0 Å². The van der Waals surface area contributed by atoms with Gasteiger partial charge >= 0.3 is 0 Å². The molecular formula is C13H19NO. The molecule has 0 aromatic carbocycles. The maximum Gasteiger partial charge on any atom is 0.0924 e. The number of nitriles is 1. The lowest BCUT2D eigenvalue weighted by Gasteiger charge is -2.16. The van der Waals surface area contributed by atoms with Gasteiger partial charge in [0.2, 0.25) is 0 Å². The van der Waals surface area contributed by atoms with Gasteiger partial charge in [0, 0.05) is 0 Å². The summed E-state index contributed by atoms with van der Waals surface area (Å²) in [6, 6.07) is 2.28. The summed E-state index contributed by atoms with van der Waals surface area (Å²) in [5.41, 5.74) is 0.501. The van der Waals surface area contributed by atoms with Gasteiger partial charge in [-0.1, -0.05) is 18.2 Å². The second-order valence-corrected chi connectivity index (χ2v) is 3.84. The molecule has 15 heavy (non-hydrogen) atoms. The van der Waals surface area contributed by atoms with E-state index in [-0.39, 0.29) is 0 Å². The van der Waals surface area contributed by atoms with Gasteiger partial charge < -0.3 is 4.74 Å². The Morgan fingerprint density at radius 2 is 1.93 bits per heavy atom. The van der Waals surface area contributed by atoms with E-state index in [2.05, 4.69) is 6.07 Å². The van der Waals surface area contributed by atoms with Gasteiger partial charge in [0.1, 0.15) is 0 Å². The first-order chi connectivity index (χ1) is 6.97. The average molecular weight is 205 g/mol. The molecule has 0 N–H and O–H groups in total. The van der Waals surface area contributed by atoms with Crippen molar-refractivity contribution >= 4 is 0 Å². The van der Waals surface area contributed by atoms with E-state index in [0.29, 0.717) is 0 Å². The van der Waals surface area contributed by atoms with Crippen LogP contribution in [0.25, 0.3) is 0 Å². The largest absolute Gasteiger partial charge is 0.501 e. The Hall–Kier alpha value is -1.49. The number of rotatable bonds is 4. The van der Waals surface area contributed by atoms with Crippen molar-refractivity contribution in [1.29, 1.82) is 5.26 Å². The van der Waals surface area contributed by atoms with Crippen LogP contribution in [0.3, 0.4) is 0 Å². The zero-order valence-electron chi connectivity index (χ0n) is 10.2. The highest BCUT2D eigenvalue weighted by molar-refractivity contribution is 5.34. The predicted molar refractivity (Wildman–Crippen MR) is 63.1 cm³/mol. The van der Waals surface area contributed by atoms with Crippen LogP contribution >= 0.6 is 0 Å². The van der Waals surface area contributed by atoms with Gasteiger partial charge in [0.05, 0.1) is 24.4 Å². The van der Waals surface area contributed by atoms with Crippen molar-refractivity contribution in [2.45, 2.75) is 27.7 Å². The molecule has 0 atom stereocenters. The fraction of sp³-hybridized carbons (Fsp3) is 0.462. The third-order valence-corrected chi connectivity index (χ3v) is 2.17. The van der Waals surface area contributed by atoms with Crippen LogP contribution in [-0.2, 0) is 4.74 Å². The molecule has 82 valence electrons. The Morgan fingerprint density at radius 3 is 2.33 bits per heavy atom. The Labute approximate surface area is 92.6 Å². The van der Waals surface area contributed by atoms with Crippen LogP contribution in [-0.4, -0.2) is 7.11 Å². The molecular weight excluding hydrogens is 186 g/mol. The minimum absolute atomic E-state index is 0.475. The van der Waals surface area contributed by atoms with Gasteiger partial charge in [-0.3, -0.25) is 0 Å². The van der Waals surface area contributed by atoms with Crippen LogP contribution in [0, 0.1) is 16.7 Å². The van der Waals surface area contributed by atoms with Gasteiger partial charge in [-0.2, -0.15) is 5.26 Å². The van der Waals surface area contributed by atoms with Crippen molar-refractivity contribution in [3.63, 3.8) is 0 Å². The Kier molecular flexibility index (Phi) is 5.48. The molecule has 0 bridgehead atoms. The highest BCUT2D eigenvalue weighted by Gasteiger charge is 2.19. The SMILES string of the molecule is C\C=C/C(=C\C=C(/C)OC)C(C)(C)C#N. The number of methoxy groups -OCH3 is 1. The summed E-state index contributed by atoms with van der Waals surface area (Å²) in [6.07, 6.45) is 7.67. The zero-order chi connectivity index (χ0) is 11.9. The first-order valence-corrected chi connectivity index (χ1v) is 4.95. The van der Waals surface area contributed by atoms with Crippen molar-refractivity contribution in [1.82, 2.24) is 0 Å². The smallest absolute Gasteiger partial charge is 0.0924 e. The summed E-state index contributed by atoms with van der Waals surface area (Å²) in [7, 11) is 1.63. The minimum atomic E-state index is -0.475. The van der Waals surface area contributed by atoms with Crippen molar-refractivity contribution in [2.75, 3.05) is 7.11 Å². The molecule has 0 radical (unpaired) electrons. The second kappa shape index (κ2) is 6.08. The molecule has 2 heteroatoms. The highest BCUT2D eigenvalue weighted by Crippen LogP contribution is 2.26. The van der Waals surface area contributed by atoms with E-state index in [1.807, 2.05) is 52.0 Å². The molecule has 0 aromatic rings. The van der Waals surface area contributed by atoms with E-state index in [9.17, 15) is 0 Å². The summed E-state index contributed by atoms with van der Waals surface area (Å²) in [5.74, 6) is 0.825. The average Bonchev–Trinajstić information content (AvgIpc) is 2.23. The van der Waals surface area contributed by atoms with E-state index < -0.39 is 5.41 Å². The van der Waals surface area contributed by atoms with Crippen LogP contribution in [0.15, 0.2) is 35.6 Å². The summed E-state index contributed by atoms with van der Waals surface area (Å²) in [5, 5.41) is 9.04. The van der Waals surface area contributed by atoms with Crippen LogP contribution < -0.4 is 0 Å². The lowest BCUT2D eigenvalue weighted by atomic mass is 9.85.